The van der Waals surface area contributed by atoms with Gasteiger partial charge in [0.2, 0.25) is 0 Å². The van der Waals surface area contributed by atoms with Gasteiger partial charge in [0.25, 0.3) is 0 Å². The summed E-state index contributed by atoms with van der Waals surface area (Å²) < 4.78 is 0. The highest BCUT2D eigenvalue weighted by molar-refractivity contribution is 5.80. The Morgan fingerprint density at radius 3 is 1.53 bits per heavy atom. The van der Waals surface area contributed by atoms with E-state index in [-0.39, 0.29) is 34.4 Å². The van der Waals surface area contributed by atoms with Gasteiger partial charge in [0, 0.05) is 5.56 Å². The summed E-state index contributed by atoms with van der Waals surface area (Å²) in [6.45, 7) is 3.92. The molecule has 9 nitrogen and oxygen atoms in total. The lowest BCUT2D eigenvalue weighted by atomic mass is 10.2. The van der Waals surface area contributed by atoms with Crippen LogP contribution >= 0.6 is 0 Å². The molecule has 0 saturated heterocycles. The van der Waals surface area contributed by atoms with Crippen LogP contribution < -0.4 is 21.4 Å². The van der Waals surface area contributed by atoms with Crippen molar-refractivity contribution in [2.45, 2.75) is 13.8 Å². The zero-order valence-electron chi connectivity index (χ0n) is 20.4. The first kappa shape index (κ1) is 22.8. The van der Waals surface area contributed by atoms with Crippen LogP contribution in [0.1, 0.15) is 22.8 Å². The number of hydrogen-bond donors (Lipinski definition) is 0. The number of aromatic nitrogens is 3. The maximum Gasteiger partial charge on any atom is 0.178 e. The smallest absolute Gasteiger partial charge is 0.178 e. The summed E-state index contributed by atoms with van der Waals surface area (Å²) in [5, 5.41) is 22.9. The van der Waals surface area contributed by atoms with Gasteiger partial charge >= 0.3 is 0 Å². The van der Waals surface area contributed by atoms with Crippen molar-refractivity contribution < 1.29 is 0 Å². The molecule has 4 aromatic rings. The SMILES string of the molecule is Cc1ccc2c(c1)=N/C(=C(/C#N)c1nc(/C(C#N)=C3/N=c4ccc(C)cc4=N3)nc(-c3ccccc3)n1)N=2. The van der Waals surface area contributed by atoms with Crippen LogP contribution in [0.25, 0.3) is 22.5 Å². The van der Waals surface area contributed by atoms with Gasteiger partial charge in [-0.05, 0) is 49.2 Å². The fraction of sp³-hybridized carbons (Fsp3) is 0.0690. The molecular formula is C29H17N9. The van der Waals surface area contributed by atoms with Crippen molar-refractivity contribution >= 4 is 11.1 Å². The normalized spacial score (nSPS) is 15.5. The average molecular weight is 492 g/mol. The molecular weight excluding hydrogens is 474 g/mol. The predicted molar refractivity (Wildman–Crippen MR) is 137 cm³/mol. The summed E-state index contributed by atoms with van der Waals surface area (Å²) >= 11 is 0. The molecule has 3 heterocycles. The Morgan fingerprint density at radius 2 is 1.05 bits per heavy atom. The summed E-state index contributed by atoms with van der Waals surface area (Å²) in [6, 6.07) is 24.9. The minimum absolute atomic E-state index is 0.0584. The maximum absolute atomic E-state index is 10.1. The number of rotatable bonds is 3. The summed E-state index contributed by atoms with van der Waals surface area (Å²) in [5.74, 6) is 0.818. The monoisotopic (exact) mass is 491 g/mol. The first-order valence-electron chi connectivity index (χ1n) is 11.7. The van der Waals surface area contributed by atoms with Crippen LogP contribution in [0.3, 0.4) is 0 Å². The van der Waals surface area contributed by atoms with Gasteiger partial charge in [-0.2, -0.15) is 10.5 Å². The average Bonchev–Trinajstić information content (AvgIpc) is 3.53. The van der Waals surface area contributed by atoms with Crippen LogP contribution in [0.4, 0.5) is 0 Å². The quantitative estimate of drug-likeness (QED) is 0.406. The molecule has 0 radical (unpaired) electrons. The molecule has 2 aliphatic heterocycles. The third-order valence-corrected chi connectivity index (χ3v) is 5.95. The molecule has 0 spiro atoms. The molecule has 1 aromatic heterocycles. The van der Waals surface area contributed by atoms with Gasteiger partial charge in [-0.3, -0.25) is 0 Å². The van der Waals surface area contributed by atoms with Crippen molar-refractivity contribution in [3.63, 3.8) is 0 Å². The fourth-order valence-electron chi connectivity index (χ4n) is 4.08. The van der Waals surface area contributed by atoms with Gasteiger partial charge in [0.05, 0.1) is 21.4 Å². The second kappa shape index (κ2) is 9.08. The Morgan fingerprint density at radius 1 is 0.579 bits per heavy atom. The van der Waals surface area contributed by atoms with Crippen molar-refractivity contribution in [2.24, 2.45) is 20.0 Å². The fourth-order valence-corrected chi connectivity index (χ4v) is 4.08. The van der Waals surface area contributed by atoms with Gasteiger partial charge in [-0.1, -0.05) is 42.5 Å². The number of benzene rings is 3. The zero-order chi connectivity index (χ0) is 26.2. The van der Waals surface area contributed by atoms with Crippen molar-refractivity contribution in [3.05, 3.63) is 123 Å². The topological polar surface area (TPSA) is 136 Å². The van der Waals surface area contributed by atoms with Crippen molar-refractivity contribution in [2.75, 3.05) is 0 Å². The molecule has 0 unspecified atom stereocenters. The second-order valence-electron chi connectivity index (χ2n) is 8.72. The highest BCUT2D eigenvalue weighted by atomic mass is 15.1. The van der Waals surface area contributed by atoms with Gasteiger partial charge < -0.3 is 0 Å². The molecule has 0 fully saturated rings. The predicted octanol–water partition coefficient (Wildman–Crippen LogP) is 2.45. The highest BCUT2D eigenvalue weighted by Crippen LogP contribution is 2.25. The van der Waals surface area contributed by atoms with Gasteiger partial charge in [-0.15, -0.1) is 0 Å². The molecule has 6 rings (SSSR count). The molecule has 0 atom stereocenters. The molecule has 178 valence electrons. The molecule has 38 heavy (non-hydrogen) atoms. The molecule has 3 aromatic carbocycles. The summed E-state index contributed by atoms with van der Waals surface area (Å²) in [4.78, 5) is 31.8. The molecule has 0 N–H and O–H groups in total. The van der Waals surface area contributed by atoms with E-state index in [4.69, 9.17) is 0 Å². The summed E-state index contributed by atoms with van der Waals surface area (Å²) in [5.41, 5.74) is 2.89. The summed E-state index contributed by atoms with van der Waals surface area (Å²) in [7, 11) is 0. The van der Waals surface area contributed by atoms with Gasteiger partial charge in [-0.25, -0.2) is 34.9 Å². The van der Waals surface area contributed by atoms with E-state index >= 15 is 0 Å². The lowest BCUT2D eigenvalue weighted by molar-refractivity contribution is 0.992. The van der Waals surface area contributed by atoms with E-state index in [0.29, 0.717) is 32.8 Å². The van der Waals surface area contributed by atoms with E-state index in [1.807, 2.05) is 80.6 Å². The standard InChI is InChI=1S/C29H17N9/c1-16-8-10-21-23(12-16)34-26(32-21)19(14-30)28-36-25(18-6-4-3-5-7-18)37-29(38-28)20(15-31)27-33-22-11-9-17(2)13-24(22)35-27/h3-13H,1-2H3/b26-19-,27-20-. The van der Waals surface area contributed by atoms with Crippen LogP contribution in [-0.2, 0) is 0 Å². The van der Waals surface area contributed by atoms with Gasteiger partial charge in [0.15, 0.2) is 29.1 Å². The first-order chi connectivity index (χ1) is 18.5. The Kier molecular flexibility index (Phi) is 5.44. The van der Waals surface area contributed by atoms with Crippen LogP contribution in [0, 0.1) is 36.5 Å². The minimum Gasteiger partial charge on any atom is -0.226 e. The Hall–Kier alpha value is -5.67. The molecule has 0 saturated carbocycles. The zero-order valence-corrected chi connectivity index (χ0v) is 20.4. The Balaban J connectivity index is 1.60. The maximum atomic E-state index is 10.1. The number of allylic oxidation sites excluding steroid dienone is 2. The first-order valence-corrected chi connectivity index (χ1v) is 11.7. The van der Waals surface area contributed by atoms with Crippen LogP contribution in [0.2, 0.25) is 0 Å². The second-order valence-corrected chi connectivity index (χ2v) is 8.72. The summed E-state index contributed by atoms with van der Waals surface area (Å²) in [6.07, 6.45) is 0. The molecule has 2 aliphatic rings. The lowest BCUT2D eigenvalue weighted by Gasteiger charge is -2.07. The largest absolute Gasteiger partial charge is 0.226 e. The van der Waals surface area contributed by atoms with E-state index in [1.54, 1.807) is 0 Å². The van der Waals surface area contributed by atoms with E-state index < -0.39 is 0 Å². The number of nitrogens with zero attached hydrogens (tertiary/aromatic N) is 9. The minimum atomic E-state index is 0.0584. The third-order valence-electron chi connectivity index (χ3n) is 5.95. The van der Waals surface area contributed by atoms with E-state index in [1.165, 1.54) is 0 Å². The van der Waals surface area contributed by atoms with Crippen molar-refractivity contribution in [1.29, 1.82) is 10.5 Å². The third kappa shape index (κ3) is 4.04. The molecule has 9 heteroatoms. The van der Waals surface area contributed by atoms with E-state index in [2.05, 4.69) is 47.1 Å². The van der Waals surface area contributed by atoms with E-state index in [0.717, 1.165) is 11.1 Å². The van der Waals surface area contributed by atoms with Crippen LogP contribution in [0.5, 0.6) is 0 Å². The van der Waals surface area contributed by atoms with E-state index in [9.17, 15) is 10.5 Å². The lowest BCUT2D eigenvalue weighted by Crippen LogP contribution is -2.20. The van der Waals surface area contributed by atoms with Crippen molar-refractivity contribution in [1.82, 2.24) is 15.0 Å². The number of hydrogen-bond acceptors (Lipinski definition) is 9. The number of aryl methyl sites for hydroxylation is 2. The molecule has 0 aliphatic carbocycles. The highest BCUT2D eigenvalue weighted by Gasteiger charge is 2.22. The number of fused-ring (bicyclic) bond motifs is 2. The van der Waals surface area contributed by atoms with Crippen LogP contribution in [-0.4, -0.2) is 15.0 Å². The Bertz CT molecular complexity index is 1930. The van der Waals surface area contributed by atoms with Crippen LogP contribution in [0.15, 0.2) is 98.3 Å². The Labute approximate surface area is 216 Å². The van der Waals surface area contributed by atoms with Crippen molar-refractivity contribution in [3.8, 4) is 23.5 Å². The number of nitriles is 2. The molecule has 0 amide bonds. The van der Waals surface area contributed by atoms with Gasteiger partial charge in [0.1, 0.15) is 23.3 Å². The molecule has 0 bridgehead atoms.